The molecular formula is C19H25FN2O3. The molecule has 0 aliphatic heterocycles. The fraction of sp³-hybridized carbons (Fsp3) is 0.421. The molecule has 25 heavy (non-hydrogen) atoms. The van der Waals surface area contributed by atoms with E-state index in [4.69, 9.17) is 4.42 Å². The van der Waals surface area contributed by atoms with E-state index in [1.807, 2.05) is 13.8 Å². The van der Waals surface area contributed by atoms with Crippen LogP contribution in [0.3, 0.4) is 0 Å². The first-order valence-electron chi connectivity index (χ1n) is 8.30. The molecule has 0 saturated heterocycles. The van der Waals surface area contributed by atoms with Crippen molar-refractivity contribution in [2.45, 2.75) is 44.8 Å². The predicted molar refractivity (Wildman–Crippen MR) is 93.7 cm³/mol. The van der Waals surface area contributed by atoms with E-state index in [0.717, 1.165) is 0 Å². The third kappa shape index (κ3) is 5.32. The Balaban J connectivity index is 1.82. The minimum absolute atomic E-state index is 0.253. The van der Waals surface area contributed by atoms with Crippen LogP contribution >= 0.6 is 0 Å². The van der Waals surface area contributed by atoms with Crippen molar-refractivity contribution in [3.63, 3.8) is 0 Å². The van der Waals surface area contributed by atoms with E-state index >= 15 is 0 Å². The summed E-state index contributed by atoms with van der Waals surface area (Å²) < 4.78 is 19.1. The molecule has 6 heteroatoms. The molecule has 1 aromatic carbocycles. The van der Waals surface area contributed by atoms with Gasteiger partial charge >= 0.3 is 6.03 Å². The summed E-state index contributed by atoms with van der Waals surface area (Å²) in [7, 11) is 0. The van der Waals surface area contributed by atoms with Crippen molar-refractivity contribution in [2.75, 3.05) is 6.54 Å². The average molecular weight is 348 g/mol. The lowest BCUT2D eigenvalue weighted by atomic mass is 9.84. The number of benzene rings is 1. The largest absolute Gasteiger partial charge is 0.467 e. The van der Waals surface area contributed by atoms with E-state index in [0.29, 0.717) is 17.7 Å². The second-order valence-corrected chi connectivity index (χ2v) is 6.86. The summed E-state index contributed by atoms with van der Waals surface area (Å²) in [5.74, 6) is 0.180. The molecule has 2 atom stereocenters. The van der Waals surface area contributed by atoms with E-state index < -0.39 is 11.5 Å². The van der Waals surface area contributed by atoms with Gasteiger partial charge in [-0.15, -0.1) is 0 Å². The number of rotatable bonds is 7. The molecule has 2 aromatic rings. The van der Waals surface area contributed by atoms with E-state index in [1.54, 1.807) is 37.3 Å². The van der Waals surface area contributed by atoms with Gasteiger partial charge in [-0.3, -0.25) is 0 Å². The van der Waals surface area contributed by atoms with Crippen LogP contribution in [-0.4, -0.2) is 23.7 Å². The minimum Gasteiger partial charge on any atom is -0.467 e. The lowest BCUT2D eigenvalue weighted by Crippen LogP contribution is -2.45. The van der Waals surface area contributed by atoms with Gasteiger partial charge in [-0.05, 0) is 30.7 Å². The van der Waals surface area contributed by atoms with Gasteiger partial charge in [0.2, 0.25) is 0 Å². The van der Waals surface area contributed by atoms with E-state index in [1.165, 1.54) is 12.3 Å². The van der Waals surface area contributed by atoms with Crippen LogP contribution in [0, 0.1) is 5.82 Å². The maximum atomic E-state index is 13.9. The number of hydrogen-bond donors (Lipinski definition) is 3. The lowest BCUT2D eigenvalue weighted by molar-refractivity contribution is 0.129. The highest BCUT2D eigenvalue weighted by Crippen LogP contribution is 2.24. The van der Waals surface area contributed by atoms with Gasteiger partial charge in [0.05, 0.1) is 6.26 Å². The minimum atomic E-state index is -0.778. The van der Waals surface area contributed by atoms with Crippen molar-refractivity contribution in [3.8, 4) is 0 Å². The van der Waals surface area contributed by atoms with Crippen LogP contribution in [0.4, 0.5) is 9.18 Å². The molecule has 2 amide bonds. The first kappa shape index (κ1) is 19.0. The Labute approximate surface area is 147 Å². The molecule has 136 valence electrons. The summed E-state index contributed by atoms with van der Waals surface area (Å²) in [6.45, 7) is 5.83. The Morgan fingerprint density at radius 1 is 1.28 bits per heavy atom. The van der Waals surface area contributed by atoms with Crippen LogP contribution in [0.15, 0.2) is 47.1 Å². The molecule has 2 unspecified atom stereocenters. The average Bonchev–Trinajstić information content (AvgIpc) is 3.08. The van der Waals surface area contributed by atoms with Crippen LogP contribution in [0.5, 0.6) is 0 Å². The fourth-order valence-electron chi connectivity index (χ4n) is 2.67. The summed E-state index contributed by atoms with van der Waals surface area (Å²) in [6, 6.07) is 9.33. The summed E-state index contributed by atoms with van der Waals surface area (Å²) in [6.07, 6.45) is 1.05. The normalized spacial score (nSPS) is 14.0. The van der Waals surface area contributed by atoms with Crippen LogP contribution in [-0.2, 0) is 5.41 Å². The van der Waals surface area contributed by atoms with Gasteiger partial charge in [0.25, 0.3) is 0 Å². The van der Waals surface area contributed by atoms with Gasteiger partial charge in [-0.1, -0.05) is 32.0 Å². The molecule has 0 radical (unpaired) electrons. The zero-order valence-corrected chi connectivity index (χ0v) is 14.8. The van der Waals surface area contributed by atoms with Gasteiger partial charge in [0.15, 0.2) is 0 Å². The molecule has 2 rings (SSSR count). The number of amides is 2. The molecule has 0 bridgehead atoms. The number of furan rings is 1. The predicted octanol–water partition coefficient (Wildman–Crippen LogP) is 3.51. The molecule has 3 N–H and O–H groups in total. The fourth-order valence-corrected chi connectivity index (χ4v) is 2.67. The van der Waals surface area contributed by atoms with Gasteiger partial charge in [-0.2, -0.15) is 0 Å². The number of halogens is 1. The highest BCUT2D eigenvalue weighted by Gasteiger charge is 2.25. The molecule has 1 aromatic heterocycles. The van der Waals surface area contributed by atoms with Crippen molar-refractivity contribution in [1.82, 2.24) is 10.6 Å². The highest BCUT2D eigenvalue weighted by atomic mass is 19.1. The smallest absolute Gasteiger partial charge is 0.315 e. The van der Waals surface area contributed by atoms with Crippen molar-refractivity contribution < 1.29 is 18.7 Å². The third-order valence-electron chi connectivity index (χ3n) is 4.12. The molecule has 0 fully saturated rings. The Morgan fingerprint density at radius 2 is 2.00 bits per heavy atom. The second-order valence-electron chi connectivity index (χ2n) is 6.86. The van der Waals surface area contributed by atoms with Crippen LogP contribution in [0.2, 0.25) is 0 Å². The van der Waals surface area contributed by atoms with Crippen molar-refractivity contribution in [1.29, 1.82) is 0 Å². The molecule has 1 heterocycles. The van der Waals surface area contributed by atoms with Crippen LogP contribution in [0.25, 0.3) is 0 Å². The number of hydrogen-bond acceptors (Lipinski definition) is 3. The van der Waals surface area contributed by atoms with Gasteiger partial charge < -0.3 is 20.2 Å². The Morgan fingerprint density at radius 3 is 2.64 bits per heavy atom. The van der Waals surface area contributed by atoms with Crippen molar-refractivity contribution >= 4 is 6.03 Å². The quantitative estimate of drug-likeness (QED) is 0.717. The number of urea groups is 1. The number of nitrogens with one attached hydrogen (secondary N) is 2. The Hall–Kier alpha value is -2.34. The zero-order chi connectivity index (χ0) is 18.4. The van der Waals surface area contributed by atoms with Gasteiger partial charge in [-0.25, -0.2) is 9.18 Å². The van der Waals surface area contributed by atoms with Gasteiger partial charge in [0, 0.05) is 24.4 Å². The van der Waals surface area contributed by atoms with Crippen molar-refractivity contribution in [3.05, 3.63) is 59.8 Å². The standard InChI is InChI=1S/C19H25FN2O3/c1-13(11-16(23)17-9-6-10-25-17)22-18(24)21-12-19(2,3)14-7-4-5-8-15(14)20/h4-10,13,16,23H,11-12H2,1-3H3,(H2,21,22,24). The maximum absolute atomic E-state index is 13.9. The first-order chi connectivity index (χ1) is 11.8. The van der Waals surface area contributed by atoms with Crippen LogP contribution < -0.4 is 10.6 Å². The molecule has 0 aliphatic carbocycles. The maximum Gasteiger partial charge on any atom is 0.315 e. The highest BCUT2D eigenvalue weighted by molar-refractivity contribution is 5.74. The first-order valence-corrected chi connectivity index (χ1v) is 8.30. The number of aliphatic hydroxyl groups excluding tert-OH is 1. The number of aliphatic hydroxyl groups is 1. The van der Waals surface area contributed by atoms with Gasteiger partial charge in [0.1, 0.15) is 17.7 Å². The topological polar surface area (TPSA) is 74.5 Å². The Bertz CT molecular complexity index is 686. The van der Waals surface area contributed by atoms with E-state index in [2.05, 4.69) is 10.6 Å². The lowest BCUT2D eigenvalue weighted by Gasteiger charge is -2.26. The third-order valence-corrected chi connectivity index (χ3v) is 4.12. The molecule has 0 spiro atoms. The monoisotopic (exact) mass is 348 g/mol. The molecular weight excluding hydrogens is 323 g/mol. The zero-order valence-electron chi connectivity index (χ0n) is 14.8. The summed E-state index contributed by atoms with van der Waals surface area (Å²) in [5, 5.41) is 15.6. The summed E-state index contributed by atoms with van der Waals surface area (Å²) >= 11 is 0. The summed E-state index contributed by atoms with van der Waals surface area (Å²) in [5.41, 5.74) is 0.0103. The molecule has 0 saturated carbocycles. The molecule has 5 nitrogen and oxygen atoms in total. The van der Waals surface area contributed by atoms with Crippen molar-refractivity contribution in [2.24, 2.45) is 0 Å². The molecule has 0 aliphatic rings. The number of carbonyl (C=O) groups is 1. The van der Waals surface area contributed by atoms with E-state index in [-0.39, 0.29) is 24.4 Å². The number of carbonyl (C=O) groups excluding carboxylic acids is 1. The summed E-state index contributed by atoms with van der Waals surface area (Å²) in [4.78, 5) is 12.1. The van der Waals surface area contributed by atoms with Crippen LogP contribution in [0.1, 0.15) is 44.6 Å². The Kier molecular flexibility index (Phi) is 6.20. The van der Waals surface area contributed by atoms with E-state index in [9.17, 15) is 14.3 Å². The second kappa shape index (κ2) is 8.16. The SMILES string of the molecule is CC(CC(O)c1ccco1)NC(=O)NCC(C)(C)c1ccccc1F.